The molecule has 180 valence electrons. The Kier molecular flexibility index (Phi) is 9.05. The molecule has 1 saturated heterocycles. The van der Waals surface area contributed by atoms with Crippen molar-refractivity contribution < 1.29 is 23.7 Å². The average Bonchev–Trinajstić information content (AvgIpc) is 2.82. The van der Waals surface area contributed by atoms with Crippen LogP contribution in [0.25, 0.3) is 0 Å². The third-order valence-electron chi connectivity index (χ3n) is 5.30. The normalized spacial score (nSPS) is 15.1. The van der Waals surface area contributed by atoms with Crippen molar-refractivity contribution >= 4 is 11.4 Å². The van der Waals surface area contributed by atoms with E-state index in [1.54, 1.807) is 14.2 Å². The Bertz CT molecular complexity index is 903. The van der Waals surface area contributed by atoms with E-state index in [1.165, 1.54) is 0 Å². The zero-order valence-electron chi connectivity index (χ0n) is 20.3. The number of nitrogens with zero attached hydrogens (tertiary/aromatic N) is 3. The molecule has 0 aliphatic carbocycles. The van der Waals surface area contributed by atoms with Crippen molar-refractivity contribution in [3.8, 4) is 17.2 Å². The summed E-state index contributed by atoms with van der Waals surface area (Å²) in [6, 6.07) is 11.3. The molecule has 0 amide bonds. The highest BCUT2D eigenvalue weighted by Crippen LogP contribution is 2.42. The highest BCUT2D eigenvalue weighted by atomic mass is 16.7. The van der Waals surface area contributed by atoms with Gasteiger partial charge in [-0.1, -0.05) is 20.8 Å². The molecule has 1 aliphatic heterocycles. The zero-order chi connectivity index (χ0) is 23.7. The molecule has 0 atom stereocenters. The first-order valence-corrected chi connectivity index (χ1v) is 11.2. The first-order valence-electron chi connectivity index (χ1n) is 11.2. The summed E-state index contributed by atoms with van der Waals surface area (Å²) in [6.45, 7) is 11.3. The molecule has 1 fully saturated rings. The van der Waals surface area contributed by atoms with Crippen LogP contribution in [0.5, 0.6) is 17.2 Å². The van der Waals surface area contributed by atoms with Crippen molar-refractivity contribution in [2.24, 2.45) is 10.2 Å². The summed E-state index contributed by atoms with van der Waals surface area (Å²) in [6.07, 6.45) is 0. The van der Waals surface area contributed by atoms with E-state index in [4.69, 9.17) is 23.7 Å². The first kappa shape index (κ1) is 25.0. The van der Waals surface area contributed by atoms with Gasteiger partial charge in [0.05, 0.1) is 26.0 Å². The van der Waals surface area contributed by atoms with Gasteiger partial charge in [-0.15, -0.1) is 5.11 Å². The van der Waals surface area contributed by atoms with E-state index < -0.39 is 0 Å². The molecule has 0 unspecified atom stereocenters. The Balaban J connectivity index is 1.87. The van der Waals surface area contributed by atoms with Crippen LogP contribution in [0.15, 0.2) is 46.6 Å². The minimum atomic E-state index is -0.197. The topological polar surface area (TPSA) is 74.1 Å². The van der Waals surface area contributed by atoms with Crippen molar-refractivity contribution in [1.29, 1.82) is 0 Å². The van der Waals surface area contributed by atoms with Crippen LogP contribution < -0.4 is 14.2 Å². The largest absolute Gasteiger partial charge is 0.497 e. The van der Waals surface area contributed by atoms with E-state index in [0.29, 0.717) is 23.7 Å². The summed E-state index contributed by atoms with van der Waals surface area (Å²) in [5.74, 6) is 2.15. The average molecular weight is 458 g/mol. The number of methoxy groups -OCH3 is 2. The van der Waals surface area contributed by atoms with Gasteiger partial charge in [0.1, 0.15) is 23.8 Å². The Labute approximate surface area is 196 Å². The maximum atomic E-state index is 6.14. The molecule has 3 rings (SSSR count). The fraction of sp³-hybridized carbons (Fsp3) is 0.520. The number of hydrogen-bond donors (Lipinski definition) is 0. The number of ether oxygens (including phenoxy) is 5. The lowest BCUT2D eigenvalue weighted by Gasteiger charge is -2.27. The summed E-state index contributed by atoms with van der Waals surface area (Å²) >= 11 is 0. The molecule has 0 spiro atoms. The predicted octanol–water partition coefficient (Wildman–Crippen LogP) is 5.10. The SMILES string of the molecule is COCOc1c(N=Nc2ccc(OC)cc2)cc(OCCN2CCOCC2)cc1C(C)(C)C. The Morgan fingerprint density at radius 1 is 0.939 bits per heavy atom. The lowest BCUT2D eigenvalue weighted by molar-refractivity contribution is 0.0322. The van der Waals surface area contributed by atoms with Gasteiger partial charge in [0.25, 0.3) is 0 Å². The van der Waals surface area contributed by atoms with Gasteiger partial charge < -0.3 is 23.7 Å². The van der Waals surface area contributed by atoms with Crippen molar-refractivity contribution in [3.63, 3.8) is 0 Å². The Hall–Kier alpha value is -2.68. The minimum absolute atomic E-state index is 0.116. The molecule has 0 aromatic heterocycles. The predicted molar refractivity (Wildman–Crippen MR) is 128 cm³/mol. The summed E-state index contributed by atoms with van der Waals surface area (Å²) < 4.78 is 27.9. The van der Waals surface area contributed by atoms with Crippen LogP contribution in [0, 0.1) is 0 Å². The molecule has 0 N–H and O–H groups in total. The number of morpholine rings is 1. The molecule has 2 aromatic carbocycles. The summed E-state index contributed by atoms with van der Waals surface area (Å²) in [5.41, 5.74) is 2.09. The molecule has 2 aromatic rings. The molecule has 0 bridgehead atoms. The van der Waals surface area contributed by atoms with Gasteiger partial charge in [-0.2, -0.15) is 5.11 Å². The maximum Gasteiger partial charge on any atom is 0.188 e. The van der Waals surface area contributed by atoms with Crippen LogP contribution in [-0.2, 0) is 14.9 Å². The van der Waals surface area contributed by atoms with Crippen LogP contribution in [0.1, 0.15) is 26.3 Å². The summed E-state index contributed by atoms with van der Waals surface area (Å²) in [4.78, 5) is 2.34. The van der Waals surface area contributed by atoms with Crippen molar-refractivity contribution in [2.45, 2.75) is 26.2 Å². The van der Waals surface area contributed by atoms with Gasteiger partial charge in [0.2, 0.25) is 0 Å². The van der Waals surface area contributed by atoms with E-state index in [9.17, 15) is 0 Å². The maximum absolute atomic E-state index is 6.14. The van der Waals surface area contributed by atoms with Gasteiger partial charge in [-0.3, -0.25) is 4.90 Å². The van der Waals surface area contributed by atoms with E-state index in [0.717, 1.165) is 49.9 Å². The van der Waals surface area contributed by atoms with Gasteiger partial charge in [-0.25, -0.2) is 0 Å². The van der Waals surface area contributed by atoms with Gasteiger partial charge in [-0.05, 0) is 35.7 Å². The number of hydrogen-bond acceptors (Lipinski definition) is 8. The Morgan fingerprint density at radius 2 is 1.67 bits per heavy atom. The van der Waals surface area contributed by atoms with Gasteiger partial charge in [0, 0.05) is 38.4 Å². The highest BCUT2D eigenvalue weighted by Gasteiger charge is 2.24. The van der Waals surface area contributed by atoms with Crippen LogP contribution in [-0.4, -0.2) is 65.4 Å². The first-order chi connectivity index (χ1) is 15.9. The smallest absolute Gasteiger partial charge is 0.188 e. The quantitative estimate of drug-likeness (QED) is 0.365. The third-order valence-corrected chi connectivity index (χ3v) is 5.30. The molecule has 1 heterocycles. The fourth-order valence-electron chi connectivity index (χ4n) is 3.45. The van der Waals surface area contributed by atoms with Crippen molar-refractivity contribution in [2.75, 3.05) is 60.5 Å². The van der Waals surface area contributed by atoms with Crippen LogP contribution in [0.4, 0.5) is 11.4 Å². The highest BCUT2D eigenvalue weighted by molar-refractivity contribution is 5.62. The summed E-state index contributed by atoms with van der Waals surface area (Å²) in [7, 11) is 3.23. The van der Waals surface area contributed by atoms with Crippen molar-refractivity contribution in [1.82, 2.24) is 4.90 Å². The number of azo groups is 1. The second-order valence-corrected chi connectivity index (χ2v) is 8.82. The molecule has 0 saturated carbocycles. The molecule has 8 heteroatoms. The number of benzene rings is 2. The molecular formula is C25H35N3O5. The standard InChI is InChI=1S/C25H35N3O5/c1-25(2,3)22-16-21(32-15-12-28-10-13-31-14-11-28)17-23(24(22)33-18-29-4)27-26-19-6-8-20(30-5)9-7-19/h6-9,16-17H,10-15,18H2,1-5H3. The van der Waals surface area contributed by atoms with Crippen LogP contribution >= 0.6 is 0 Å². The molecule has 1 aliphatic rings. The van der Waals surface area contributed by atoms with E-state index >= 15 is 0 Å². The zero-order valence-corrected chi connectivity index (χ0v) is 20.3. The third kappa shape index (κ3) is 7.42. The number of rotatable bonds is 10. The summed E-state index contributed by atoms with van der Waals surface area (Å²) in [5, 5.41) is 8.92. The molecular weight excluding hydrogens is 422 g/mol. The molecule has 33 heavy (non-hydrogen) atoms. The second kappa shape index (κ2) is 12.0. The van der Waals surface area contributed by atoms with E-state index in [-0.39, 0.29) is 12.2 Å². The molecule has 8 nitrogen and oxygen atoms in total. The monoisotopic (exact) mass is 457 g/mol. The van der Waals surface area contributed by atoms with E-state index in [2.05, 4.69) is 35.9 Å². The van der Waals surface area contributed by atoms with Gasteiger partial charge >= 0.3 is 0 Å². The van der Waals surface area contributed by atoms with Gasteiger partial charge in [0.15, 0.2) is 12.5 Å². The fourth-order valence-corrected chi connectivity index (χ4v) is 3.45. The van der Waals surface area contributed by atoms with E-state index in [1.807, 2.05) is 36.4 Å². The van der Waals surface area contributed by atoms with Crippen LogP contribution in [0.2, 0.25) is 0 Å². The van der Waals surface area contributed by atoms with Crippen molar-refractivity contribution in [3.05, 3.63) is 42.0 Å². The molecule has 0 radical (unpaired) electrons. The minimum Gasteiger partial charge on any atom is -0.497 e. The Morgan fingerprint density at radius 3 is 2.30 bits per heavy atom. The van der Waals surface area contributed by atoms with Crippen LogP contribution in [0.3, 0.4) is 0 Å². The lowest BCUT2D eigenvalue weighted by Crippen LogP contribution is -2.38. The second-order valence-electron chi connectivity index (χ2n) is 8.82. The lowest BCUT2D eigenvalue weighted by atomic mass is 9.85.